The quantitative estimate of drug-likeness (QED) is 0.366. The Hall–Kier alpha value is -4.50. The number of carbonyl (C=O) groups is 2. The molecule has 3 N–H and O–H groups in total. The lowest BCUT2D eigenvalue weighted by atomic mass is 10.1. The standard InChI is InChI=1S/C29H28N6O3/c1-33-22-9-2-3-10-23(22)35-27-20(11-12-21(32-27)18-7-6-8-19(17-18)26(30)37)25(36)24(29(33)35)28(38)31-13-16-34-14-4-5-15-34/h2-3,6-12,17H,4-5,13-16H2,1H3,(H2,30,37)(H,31,38). The van der Waals surface area contributed by atoms with Crippen molar-refractivity contribution in [3.63, 3.8) is 0 Å². The average molecular weight is 509 g/mol. The third kappa shape index (κ3) is 3.92. The Morgan fingerprint density at radius 3 is 2.53 bits per heavy atom. The van der Waals surface area contributed by atoms with Gasteiger partial charge in [-0.05, 0) is 62.3 Å². The number of nitrogens with zero attached hydrogens (tertiary/aromatic N) is 4. The third-order valence-corrected chi connectivity index (χ3v) is 7.38. The Bertz CT molecular complexity index is 1800. The maximum absolute atomic E-state index is 13.8. The molecule has 0 atom stereocenters. The minimum atomic E-state index is -0.527. The lowest BCUT2D eigenvalue weighted by Gasteiger charge is -2.15. The average Bonchev–Trinajstić information content (AvgIpc) is 3.55. The smallest absolute Gasteiger partial charge is 0.259 e. The van der Waals surface area contributed by atoms with Crippen LogP contribution in [0.5, 0.6) is 0 Å². The van der Waals surface area contributed by atoms with E-state index in [4.69, 9.17) is 10.7 Å². The van der Waals surface area contributed by atoms with Gasteiger partial charge in [0.15, 0.2) is 5.65 Å². The zero-order chi connectivity index (χ0) is 26.4. The molecular weight excluding hydrogens is 480 g/mol. The summed E-state index contributed by atoms with van der Waals surface area (Å²) >= 11 is 0. The number of aromatic nitrogens is 3. The van der Waals surface area contributed by atoms with Gasteiger partial charge < -0.3 is 20.5 Å². The van der Waals surface area contributed by atoms with E-state index in [2.05, 4.69) is 10.2 Å². The van der Waals surface area contributed by atoms with Crippen LogP contribution in [0, 0.1) is 0 Å². The van der Waals surface area contributed by atoms with Crippen LogP contribution in [-0.2, 0) is 7.05 Å². The van der Waals surface area contributed by atoms with Crippen molar-refractivity contribution < 1.29 is 9.59 Å². The number of carbonyl (C=O) groups excluding carboxylic acids is 2. The van der Waals surface area contributed by atoms with Crippen molar-refractivity contribution in [3.8, 4) is 11.3 Å². The summed E-state index contributed by atoms with van der Waals surface area (Å²) in [6.07, 6.45) is 2.36. The molecule has 4 heterocycles. The predicted octanol–water partition coefficient (Wildman–Crippen LogP) is 2.93. The summed E-state index contributed by atoms with van der Waals surface area (Å²) in [5, 5.41) is 3.32. The second-order valence-corrected chi connectivity index (χ2v) is 9.73. The van der Waals surface area contributed by atoms with Crippen LogP contribution in [0.25, 0.3) is 39.0 Å². The van der Waals surface area contributed by atoms with Crippen LogP contribution < -0.4 is 16.5 Å². The summed E-state index contributed by atoms with van der Waals surface area (Å²) in [5.74, 6) is -0.918. The van der Waals surface area contributed by atoms with E-state index >= 15 is 0 Å². The van der Waals surface area contributed by atoms with Crippen LogP contribution in [0.15, 0.2) is 65.5 Å². The summed E-state index contributed by atoms with van der Waals surface area (Å²) in [6, 6.07) is 18.1. The molecule has 0 radical (unpaired) electrons. The predicted molar refractivity (Wildman–Crippen MR) is 147 cm³/mol. The maximum Gasteiger partial charge on any atom is 0.259 e. The highest BCUT2D eigenvalue weighted by Gasteiger charge is 2.24. The highest BCUT2D eigenvalue weighted by molar-refractivity contribution is 6.06. The van der Waals surface area contributed by atoms with Crippen LogP contribution in [0.2, 0.25) is 0 Å². The van der Waals surface area contributed by atoms with Crippen LogP contribution in [0.1, 0.15) is 33.6 Å². The van der Waals surface area contributed by atoms with E-state index in [9.17, 15) is 14.4 Å². The van der Waals surface area contributed by atoms with Crippen LogP contribution in [-0.4, -0.2) is 56.8 Å². The molecule has 3 aromatic heterocycles. The first-order chi connectivity index (χ1) is 18.4. The molecule has 38 heavy (non-hydrogen) atoms. The van der Waals surface area contributed by atoms with Crippen molar-refractivity contribution in [2.45, 2.75) is 12.8 Å². The molecule has 2 aromatic carbocycles. The van der Waals surface area contributed by atoms with Crippen molar-refractivity contribution >= 4 is 39.5 Å². The molecular formula is C29H28N6O3. The van der Waals surface area contributed by atoms with Crippen molar-refractivity contribution in [2.24, 2.45) is 12.8 Å². The number of primary amides is 1. The van der Waals surface area contributed by atoms with Gasteiger partial charge >= 0.3 is 0 Å². The third-order valence-electron chi connectivity index (χ3n) is 7.38. The van der Waals surface area contributed by atoms with Crippen LogP contribution in [0.4, 0.5) is 0 Å². The molecule has 192 valence electrons. The van der Waals surface area contributed by atoms with Gasteiger partial charge in [-0.2, -0.15) is 0 Å². The molecule has 6 rings (SSSR count). The van der Waals surface area contributed by atoms with Gasteiger partial charge in [-0.15, -0.1) is 0 Å². The first-order valence-corrected chi connectivity index (χ1v) is 12.8. The lowest BCUT2D eigenvalue weighted by molar-refractivity contribution is 0.0948. The van der Waals surface area contributed by atoms with E-state index in [1.807, 2.05) is 46.3 Å². The molecule has 0 spiro atoms. The van der Waals surface area contributed by atoms with Gasteiger partial charge in [-0.1, -0.05) is 24.3 Å². The summed E-state index contributed by atoms with van der Waals surface area (Å²) in [4.78, 5) is 46.2. The molecule has 9 heteroatoms. The number of hydrogen-bond donors (Lipinski definition) is 2. The molecule has 0 bridgehead atoms. The highest BCUT2D eigenvalue weighted by Crippen LogP contribution is 2.27. The molecule has 1 saturated heterocycles. The molecule has 0 aliphatic carbocycles. The number of benzene rings is 2. The number of nitrogens with two attached hydrogens (primary N) is 1. The molecule has 0 unspecified atom stereocenters. The Kier molecular flexibility index (Phi) is 5.92. The van der Waals surface area contributed by atoms with Crippen molar-refractivity contribution in [1.82, 2.24) is 24.2 Å². The molecule has 1 fully saturated rings. The number of imidazole rings is 1. The van der Waals surface area contributed by atoms with Gasteiger partial charge in [0.1, 0.15) is 11.2 Å². The summed E-state index contributed by atoms with van der Waals surface area (Å²) in [6.45, 7) is 3.31. The number of hydrogen-bond acceptors (Lipinski definition) is 5. The minimum absolute atomic E-state index is 0.0999. The summed E-state index contributed by atoms with van der Waals surface area (Å²) in [5.41, 5.74) is 9.50. The van der Waals surface area contributed by atoms with Crippen molar-refractivity contribution in [2.75, 3.05) is 26.2 Å². The first-order valence-electron chi connectivity index (χ1n) is 12.8. The van der Waals surface area contributed by atoms with E-state index < -0.39 is 11.8 Å². The largest absolute Gasteiger partial charge is 0.366 e. The molecule has 5 aromatic rings. The summed E-state index contributed by atoms with van der Waals surface area (Å²) in [7, 11) is 1.85. The number of nitrogens with one attached hydrogen (secondary N) is 1. The van der Waals surface area contributed by atoms with Crippen molar-refractivity contribution in [3.05, 3.63) is 82.0 Å². The molecule has 9 nitrogen and oxygen atoms in total. The second kappa shape index (κ2) is 9.42. The van der Waals surface area contributed by atoms with Gasteiger partial charge in [-0.25, -0.2) is 4.98 Å². The SMILES string of the molecule is Cn1c2ccccc2n2c3nc(-c4cccc(C(N)=O)c4)ccc3c(=O)c(C(=O)NCCN3CCCC3)c12. The zero-order valence-corrected chi connectivity index (χ0v) is 21.1. The first kappa shape index (κ1) is 23.9. The monoisotopic (exact) mass is 508 g/mol. The zero-order valence-electron chi connectivity index (χ0n) is 21.1. The molecule has 1 aliphatic rings. The Morgan fingerprint density at radius 1 is 1.00 bits per heavy atom. The number of rotatable bonds is 6. The fourth-order valence-electron chi connectivity index (χ4n) is 5.46. The van der Waals surface area contributed by atoms with Gasteiger partial charge in [0.25, 0.3) is 5.91 Å². The summed E-state index contributed by atoms with van der Waals surface area (Å²) < 4.78 is 3.75. The van der Waals surface area contributed by atoms with Crippen molar-refractivity contribution in [1.29, 1.82) is 0 Å². The lowest BCUT2D eigenvalue weighted by Crippen LogP contribution is -2.36. The fraction of sp³-hybridized carbons (Fsp3) is 0.241. The number of likely N-dealkylation sites (tertiary alicyclic amines) is 1. The maximum atomic E-state index is 13.8. The second-order valence-electron chi connectivity index (χ2n) is 9.73. The van der Waals surface area contributed by atoms with E-state index in [1.54, 1.807) is 30.3 Å². The van der Waals surface area contributed by atoms with E-state index in [0.29, 0.717) is 40.0 Å². The number of aryl methyl sites for hydroxylation is 1. The normalized spacial score (nSPS) is 14.0. The van der Waals surface area contributed by atoms with Crippen LogP contribution >= 0.6 is 0 Å². The van der Waals surface area contributed by atoms with E-state index in [-0.39, 0.29) is 11.0 Å². The number of amides is 2. The van der Waals surface area contributed by atoms with Gasteiger partial charge in [0.05, 0.1) is 22.1 Å². The minimum Gasteiger partial charge on any atom is -0.366 e. The molecule has 1 aliphatic heterocycles. The Morgan fingerprint density at radius 2 is 1.76 bits per heavy atom. The number of fused-ring (bicyclic) bond motifs is 5. The van der Waals surface area contributed by atoms with Gasteiger partial charge in [0.2, 0.25) is 11.3 Å². The van der Waals surface area contributed by atoms with Gasteiger partial charge in [-0.3, -0.25) is 18.8 Å². The van der Waals surface area contributed by atoms with Crippen LogP contribution in [0.3, 0.4) is 0 Å². The topological polar surface area (TPSA) is 115 Å². The molecule has 2 amide bonds. The van der Waals surface area contributed by atoms with E-state index in [0.717, 1.165) is 30.7 Å². The number of pyridine rings is 2. The number of para-hydroxylation sites is 2. The Balaban J connectivity index is 1.54. The van der Waals surface area contributed by atoms with Gasteiger partial charge in [0, 0.05) is 31.3 Å². The molecule has 0 saturated carbocycles. The fourth-order valence-corrected chi connectivity index (χ4v) is 5.46. The highest BCUT2D eigenvalue weighted by atomic mass is 16.2. The van der Waals surface area contributed by atoms with E-state index in [1.165, 1.54) is 12.8 Å². The Labute approximate surface area is 218 Å².